The van der Waals surface area contributed by atoms with Crippen LogP contribution >= 0.6 is 22.9 Å². The maximum absolute atomic E-state index is 13.7. The molecule has 2 aromatic carbocycles. The number of hydrogen-bond acceptors (Lipinski definition) is 5. The molecule has 1 saturated carbocycles. The number of carbonyl (C=O) groups excluding carboxylic acids is 2. The van der Waals surface area contributed by atoms with Crippen molar-refractivity contribution in [1.29, 1.82) is 0 Å². The number of rotatable bonds is 9. The van der Waals surface area contributed by atoms with E-state index in [4.69, 9.17) is 21.1 Å². The van der Waals surface area contributed by atoms with Gasteiger partial charge < -0.3 is 19.3 Å². The highest BCUT2D eigenvalue weighted by Crippen LogP contribution is 2.36. The fraction of sp³-hybridized carbons (Fsp3) is 0.357. The van der Waals surface area contributed by atoms with Crippen LogP contribution in [0.25, 0.3) is 0 Å². The van der Waals surface area contributed by atoms with Gasteiger partial charge in [-0.2, -0.15) is 0 Å². The van der Waals surface area contributed by atoms with Crippen LogP contribution in [0.5, 0.6) is 11.5 Å². The van der Waals surface area contributed by atoms with E-state index in [0.717, 1.165) is 24.8 Å². The standard InChI is InChI=1S/C28H29ClN2O4S/c1-34-24-7-2-3-8-25(24)35-18-23-22-12-14-36-26(22)11-13-31(23)27(32)17-30(16-19-9-10-19)28(33)20-5-4-6-21(29)15-20/h2-8,12,14-15,19,23H,9-11,13,16-18H2,1H3. The molecular formula is C28H29ClN2O4S. The van der Waals surface area contributed by atoms with Crippen molar-refractivity contribution in [2.24, 2.45) is 5.92 Å². The summed E-state index contributed by atoms with van der Waals surface area (Å²) in [5.41, 5.74) is 1.62. The summed E-state index contributed by atoms with van der Waals surface area (Å²) >= 11 is 7.85. The van der Waals surface area contributed by atoms with Crippen molar-refractivity contribution >= 4 is 34.8 Å². The Hall–Kier alpha value is -3.03. The highest BCUT2D eigenvalue weighted by atomic mass is 35.5. The molecule has 1 aliphatic carbocycles. The summed E-state index contributed by atoms with van der Waals surface area (Å²) in [5, 5.41) is 2.57. The van der Waals surface area contributed by atoms with E-state index in [2.05, 4.69) is 11.4 Å². The Labute approximate surface area is 220 Å². The van der Waals surface area contributed by atoms with Gasteiger partial charge in [-0.3, -0.25) is 9.59 Å². The molecule has 0 spiro atoms. The Morgan fingerprint density at radius 1 is 1.11 bits per heavy atom. The second-order valence-corrected chi connectivity index (χ2v) is 10.7. The quantitative estimate of drug-likeness (QED) is 0.372. The predicted octanol–water partition coefficient (Wildman–Crippen LogP) is 5.47. The van der Waals surface area contributed by atoms with Gasteiger partial charge in [0.05, 0.1) is 13.2 Å². The van der Waals surface area contributed by atoms with Gasteiger partial charge in [0, 0.05) is 28.6 Å². The van der Waals surface area contributed by atoms with Crippen molar-refractivity contribution in [3.63, 3.8) is 0 Å². The molecule has 2 heterocycles. The summed E-state index contributed by atoms with van der Waals surface area (Å²) in [5.74, 6) is 1.51. The number of para-hydroxylation sites is 2. The fourth-order valence-electron chi connectivity index (χ4n) is 4.67. The van der Waals surface area contributed by atoms with Gasteiger partial charge >= 0.3 is 0 Å². The minimum absolute atomic E-state index is 0.0342. The van der Waals surface area contributed by atoms with Crippen molar-refractivity contribution in [1.82, 2.24) is 9.80 Å². The maximum atomic E-state index is 13.7. The summed E-state index contributed by atoms with van der Waals surface area (Å²) in [6.07, 6.45) is 2.98. The monoisotopic (exact) mass is 524 g/mol. The Balaban J connectivity index is 1.35. The van der Waals surface area contributed by atoms with Crippen molar-refractivity contribution in [3.8, 4) is 11.5 Å². The van der Waals surface area contributed by atoms with E-state index in [1.165, 1.54) is 4.88 Å². The third-order valence-electron chi connectivity index (χ3n) is 6.74. The number of halogens is 1. The smallest absolute Gasteiger partial charge is 0.254 e. The van der Waals surface area contributed by atoms with Gasteiger partial charge in [-0.1, -0.05) is 29.8 Å². The highest BCUT2D eigenvalue weighted by molar-refractivity contribution is 7.10. The SMILES string of the molecule is COc1ccccc1OCC1c2ccsc2CCN1C(=O)CN(CC1CC1)C(=O)c1cccc(Cl)c1. The molecule has 2 amide bonds. The molecule has 188 valence electrons. The lowest BCUT2D eigenvalue weighted by Gasteiger charge is -2.37. The van der Waals surface area contributed by atoms with Gasteiger partial charge in [-0.15, -0.1) is 11.3 Å². The normalized spacial score (nSPS) is 16.8. The second kappa shape index (κ2) is 10.9. The molecule has 1 fully saturated rings. The summed E-state index contributed by atoms with van der Waals surface area (Å²) in [7, 11) is 1.61. The molecular weight excluding hydrogens is 496 g/mol. The van der Waals surface area contributed by atoms with Crippen LogP contribution < -0.4 is 9.47 Å². The van der Waals surface area contributed by atoms with Crippen LogP contribution in [0.4, 0.5) is 0 Å². The number of benzene rings is 2. The molecule has 3 aromatic rings. The van der Waals surface area contributed by atoms with E-state index in [9.17, 15) is 9.59 Å². The lowest BCUT2D eigenvalue weighted by molar-refractivity contribution is -0.135. The van der Waals surface area contributed by atoms with Gasteiger partial charge in [-0.05, 0) is 72.5 Å². The molecule has 0 radical (unpaired) electrons. The van der Waals surface area contributed by atoms with E-state index in [1.54, 1.807) is 47.6 Å². The zero-order valence-electron chi connectivity index (χ0n) is 20.2. The molecule has 1 unspecified atom stereocenters. The molecule has 0 saturated heterocycles. The third-order valence-corrected chi connectivity index (χ3v) is 7.97. The number of fused-ring (bicyclic) bond motifs is 1. The Morgan fingerprint density at radius 3 is 2.67 bits per heavy atom. The minimum atomic E-state index is -0.235. The van der Waals surface area contributed by atoms with Crippen molar-refractivity contribution in [3.05, 3.63) is 81.0 Å². The Kier molecular flexibility index (Phi) is 7.48. The number of carbonyl (C=O) groups is 2. The second-order valence-electron chi connectivity index (χ2n) is 9.25. The largest absolute Gasteiger partial charge is 0.493 e. The summed E-state index contributed by atoms with van der Waals surface area (Å²) in [6.45, 7) is 1.51. The van der Waals surface area contributed by atoms with E-state index in [0.29, 0.717) is 47.7 Å². The number of methoxy groups -OCH3 is 1. The molecule has 36 heavy (non-hydrogen) atoms. The zero-order chi connectivity index (χ0) is 25.1. The van der Waals surface area contributed by atoms with Gasteiger partial charge in [0.25, 0.3) is 5.91 Å². The van der Waals surface area contributed by atoms with Crippen LogP contribution in [0.15, 0.2) is 60.0 Å². The average molecular weight is 525 g/mol. The van der Waals surface area contributed by atoms with Crippen LogP contribution in [0.3, 0.4) is 0 Å². The molecule has 1 atom stereocenters. The van der Waals surface area contributed by atoms with Crippen LogP contribution in [0.2, 0.25) is 5.02 Å². The molecule has 0 N–H and O–H groups in total. The summed E-state index contributed by atoms with van der Waals surface area (Å²) in [4.78, 5) is 31.9. The summed E-state index contributed by atoms with van der Waals surface area (Å²) < 4.78 is 11.6. The predicted molar refractivity (Wildman–Crippen MR) is 141 cm³/mol. The minimum Gasteiger partial charge on any atom is -0.493 e. The van der Waals surface area contributed by atoms with E-state index >= 15 is 0 Å². The molecule has 1 aromatic heterocycles. The first kappa shape index (κ1) is 24.7. The lowest BCUT2D eigenvalue weighted by atomic mass is 10.00. The third kappa shape index (κ3) is 5.52. The number of nitrogens with zero attached hydrogens (tertiary/aromatic N) is 2. The number of amides is 2. The van der Waals surface area contributed by atoms with Crippen LogP contribution in [-0.4, -0.2) is 55.0 Å². The molecule has 1 aliphatic heterocycles. The molecule has 5 rings (SSSR count). The Morgan fingerprint density at radius 2 is 1.92 bits per heavy atom. The fourth-order valence-corrected chi connectivity index (χ4v) is 5.79. The van der Waals surface area contributed by atoms with Gasteiger partial charge in [-0.25, -0.2) is 0 Å². The lowest BCUT2D eigenvalue weighted by Crippen LogP contribution is -2.48. The van der Waals surface area contributed by atoms with Gasteiger partial charge in [0.15, 0.2) is 11.5 Å². The van der Waals surface area contributed by atoms with E-state index < -0.39 is 0 Å². The number of thiophene rings is 1. The van der Waals surface area contributed by atoms with Crippen LogP contribution in [0.1, 0.15) is 39.7 Å². The first-order chi connectivity index (χ1) is 17.5. The Bertz CT molecular complexity index is 1240. The number of hydrogen-bond donors (Lipinski definition) is 0. The first-order valence-corrected chi connectivity index (χ1v) is 13.5. The molecule has 2 aliphatic rings. The molecule has 6 nitrogen and oxygen atoms in total. The number of ether oxygens (including phenoxy) is 2. The van der Waals surface area contributed by atoms with Crippen molar-refractivity contribution in [2.45, 2.75) is 25.3 Å². The molecule has 8 heteroatoms. The topological polar surface area (TPSA) is 59.1 Å². The summed E-state index contributed by atoms with van der Waals surface area (Å²) in [6, 6.07) is 16.3. The average Bonchev–Trinajstić information content (AvgIpc) is 3.58. The van der Waals surface area contributed by atoms with E-state index in [-0.39, 0.29) is 24.4 Å². The van der Waals surface area contributed by atoms with Crippen LogP contribution in [0, 0.1) is 5.92 Å². The van der Waals surface area contributed by atoms with Crippen molar-refractivity contribution < 1.29 is 19.1 Å². The van der Waals surface area contributed by atoms with E-state index in [1.807, 2.05) is 29.2 Å². The van der Waals surface area contributed by atoms with Crippen LogP contribution in [-0.2, 0) is 11.2 Å². The molecule has 0 bridgehead atoms. The van der Waals surface area contributed by atoms with Gasteiger partial charge in [0.2, 0.25) is 5.91 Å². The van der Waals surface area contributed by atoms with Gasteiger partial charge in [0.1, 0.15) is 13.2 Å². The first-order valence-electron chi connectivity index (χ1n) is 12.2. The maximum Gasteiger partial charge on any atom is 0.254 e. The highest BCUT2D eigenvalue weighted by Gasteiger charge is 2.35. The van der Waals surface area contributed by atoms with Crippen molar-refractivity contribution in [2.75, 3.05) is 33.4 Å². The zero-order valence-corrected chi connectivity index (χ0v) is 21.8.